The van der Waals surface area contributed by atoms with Gasteiger partial charge in [0.15, 0.2) is 6.20 Å². The van der Waals surface area contributed by atoms with Crippen LogP contribution in [0, 0.1) is 18.6 Å². The van der Waals surface area contributed by atoms with E-state index in [4.69, 9.17) is 4.42 Å². The average molecular weight is 386 g/mol. The molecule has 0 aliphatic rings. The van der Waals surface area contributed by atoms with Crippen LogP contribution in [0.4, 0.5) is 8.78 Å². The molecule has 0 saturated heterocycles. The Kier molecular flexibility index (Phi) is 3.95. The predicted octanol–water partition coefficient (Wildman–Crippen LogP) is 6.33. The summed E-state index contributed by atoms with van der Waals surface area (Å²) in [5, 5.41) is 0.944. The van der Waals surface area contributed by atoms with Gasteiger partial charge >= 0.3 is 0 Å². The number of rotatable bonds is 2. The van der Waals surface area contributed by atoms with E-state index in [9.17, 15) is 8.78 Å². The minimum atomic E-state index is -0.635. The van der Waals surface area contributed by atoms with Gasteiger partial charge in [0, 0.05) is 23.6 Å². The van der Waals surface area contributed by atoms with E-state index in [0.717, 1.165) is 22.9 Å². The van der Waals surface area contributed by atoms with Gasteiger partial charge in [0.1, 0.15) is 29.8 Å². The van der Waals surface area contributed by atoms with E-state index in [2.05, 4.69) is 0 Å². The molecule has 0 saturated carbocycles. The van der Waals surface area contributed by atoms with Crippen molar-refractivity contribution in [2.75, 3.05) is 0 Å². The molecule has 2 heterocycles. The van der Waals surface area contributed by atoms with Gasteiger partial charge in [-0.2, -0.15) is 0 Å². The minimum Gasteiger partial charge on any atom is -0.454 e. The smallest absolute Gasteiger partial charge is 0.216 e. The topological polar surface area (TPSA) is 17.0 Å². The van der Waals surface area contributed by atoms with Crippen molar-refractivity contribution >= 4 is 21.9 Å². The van der Waals surface area contributed by atoms with E-state index in [1.54, 1.807) is 12.1 Å². The summed E-state index contributed by atoms with van der Waals surface area (Å²) in [6.45, 7) is 1.99. The van der Waals surface area contributed by atoms with Crippen molar-refractivity contribution in [1.82, 2.24) is 0 Å². The van der Waals surface area contributed by atoms with Crippen molar-refractivity contribution in [2.24, 2.45) is 7.05 Å². The maximum atomic E-state index is 14.9. The summed E-state index contributed by atoms with van der Waals surface area (Å²) in [5.41, 5.74) is 4.53. The van der Waals surface area contributed by atoms with Crippen LogP contribution in [-0.2, 0) is 7.05 Å². The largest absolute Gasteiger partial charge is 0.454 e. The molecule has 0 atom stereocenters. The van der Waals surface area contributed by atoms with Crippen LogP contribution in [0.25, 0.3) is 44.3 Å². The Bertz CT molecular complexity index is 1390. The van der Waals surface area contributed by atoms with Crippen molar-refractivity contribution in [3.05, 3.63) is 90.1 Å². The first-order valence-corrected chi connectivity index (χ1v) is 9.40. The third-order valence-electron chi connectivity index (χ3n) is 5.40. The Morgan fingerprint density at radius 1 is 0.793 bits per heavy atom. The predicted molar refractivity (Wildman–Crippen MR) is 110 cm³/mol. The molecular weight excluding hydrogens is 368 g/mol. The summed E-state index contributed by atoms with van der Waals surface area (Å²) in [4.78, 5) is 0. The van der Waals surface area contributed by atoms with Gasteiger partial charge in [0.25, 0.3) is 0 Å². The molecular formula is C25H18F2NO+. The molecule has 0 spiro atoms. The fourth-order valence-electron chi connectivity index (χ4n) is 4.01. The first kappa shape index (κ1) is 17.6. The van der Waals surface area contributed by atoms with Gasteiger partial charge in [-0.1, -0.05) is 42.5 Å². The molecule has 2 aromatic heterocycles. The van der Waals surface area contributed by atoms with Gasteiger partial charge in [-0.05, 0) is 24.1 Å². The average Bonchev–Trinajstić information content (AvgIpc) is 3.09. The van der Waals surface area contributed by atoms with Gasteiger partial charge in [-0.25, -0.2) is 13.3 Å². The SMILES string of the molecule is Cc1ccc2c(oc3c(-c4ccccc4)c(F)cc(F)c32)c1-c1cccc[n+]1C. The number of nitrogens with zero attached hydrogens (tertiary/aromatic N) is 1. The molecule has 4 heteroatoms. The van der Waals surface area contributed by atoms with Crippen molar-refractivity contribution in [3.63, 3.8) is 0 Å². The second-order valence-electron chi connectivity index (χ2n) is 7.22. The van der Waals surface area contributed by atoms with Crippen LogP contribution < -0.4 is 4.57 Å². The molecule has 5 aromatic rings. The number of furan rings is 1. The van der Waals surface area contributed by atoms with Crippen molar-refractivity contribution in [3.8, 4) is 22.4 Å². The summed E-state index contributed by atoms with van der Waals surface area (Å²) in [6, 6.07) is 19.7. The maximum Gasteiger partial charge on any atom is 0.216 e. The lowest BCUT2D eigenvalue weighted by Crippen LogP contribution is -2.30. The zero-order valence-electron chi connectivity index (χ0n) is 16.0. The molecule has 5 rings (SSSR count). The van der Waals surface area contributed by atoms with Gasteiger partial charge in [0.05, 0.1) is 16.5 Å². The standard InChI is InChI=1S/C25H18F2NO/c1-15-11-12-17-23-19(27)14-18(26)22(16-8-4-3-5-9-16)25(23)29-24(17)21(15)20-10-6-7-13-28(20)2/h3-14H,1-2H3/q+1. The molecule has 0 aliphatic heterocycles. The van der Waals surface area contributed by atoms with Crippen LogP contribution in [0.2, 0.25) is 0 Å². The second kappa shape index (κ2) is 6.52. The Balaban J connectivity index is 1.96. The highest BCUT2D eigenvalue weighted by molar-refractivity contribution is 6.13. The van der Waals surface area contributed by atoms with E-state index >= 15 is 0 Å². The molecule has 142 valence electrons. The summed E-state index contributed by atoms with van der Waals surface area (Å²) >= 11 is 0. The van der Waals surface area contributed by atoms with Crippen LogP contribution in [-0.4, -0.2) is 0 Å². The molecule has 0 N–H and O–H groups in total. The number of pyridine rings is 1. The Morgan fingerprint density at radius 2 is 1.55 bits per heavy atom. The number of hydrogen-bond donors (Lipinski definition) is 0. The zero-order valence-corrected chi connectivity index (χ0v) is 16.0. The third-order valence-corrected chi connectivity index (χ3v) is 5.40. The first-order valence-electron chi connectivity index (χ1n) is 9.40. The second-order valence-corrected chi connectivity index (χ2v) is 7.22. The fourth-order valence-corrected chi connectivity index (χ4v) is 4.01. The van der Waals surface area contributed by atoms with Crippen molar-refractivity contribution < 1.29 is 17.8 Å². The van der Waals surface area contributed by atoms with E-state index in [0.29, 0.717) is 21.9 Å². The Morgan fingerprint density at radius 3 is 2.31 bits per heavy atom. The van der Waals surface area contributed by atoms with Crippen LogP contribution >= 0.6 is 0 Å². The molecule has 0 aliphatic carbocycles. The monoisotopic (exact) mass is 386 g/mol. The summed E-state index contributed by atoms with van der Waals surface area (Å²) in [7, 11) is 1.95. The number of aromatic nitrogens is 1. The summed E-state index contributed by atoms with van der Waals surface area (Å²) < 4.78 is 38.0. The lowest BCUT2D eigenvalue weighted by molar-refractivity contribution is -0.660. The minimum absolute atomic E-state index is 0.231. The molecule has 2 nitrogen and oxygen atoms in total. The number of fused-ring (bicyclic) bond motifs is 3. The van der Waals surface area contributed by atoms with E-state index in [1.807, 2.05) is 73.3 Å². The van der Waals surface area contributed by atoms with Gasteiger partial charge in [0.2, 0.25) is 5.69 Å². The highest BCUT2D eigenvalue weighted by Crippen LogP contribution is 2.42. The van der Waals surface area contributed by atoms with Crippen LogP contribution in [0.15, 0.2) is 77.3 Å². The van der Waals surface area contributed by atoms with Crippen LogP contribution in [0.1, 0.15) is 5.56 Å². The van der Waals surface area contributed by atoms with E-state index < -0.39 is 11.6 Å². The molecule has 0 bridgehead atoms. The molecule has 0 fully saturated rings. The summed E-state index contributed by atoms with van der Waals surface area (Å²) in [6.07, 6.45) is 1.95. The maximum absolute atomic E-state index is 14.9. The number of aryl methyl sites for hydroxylation is 2. The molecule has 29 heavy (non-hydrogen) atoms. The highest BCUT2D eigenvalue weighted by atomic mass is 19.1. The number of hydrogen-bond acceptors (Lipinski definition) is 1. The summed E-state index contributed by atoms with van der Waals surface area (Å²) in [5.74, 6) is -1.26. The lowest BCUT2D eigenvalue weighted by atomic mass is 9.98. The number of halogens is 2. The normalized spacial score (nSPS) is 11.4. The zero-order chi connectivity index (χ0) is 20.1. The van der Waals surface area contributed by atoms with Gasteiger partial charge in [-0.3, -0.25) is 0 Å². The quantitative estimate of drug-likeness (QED) is 0.324. The van der Waals surface area contributed by atoms with Crippen LogP contribution in [0.3, 0.4) is 0 Å². The molecule has 0 radical (unpaired) electrons. The van der Waals surface area contributed by atoms with Crippen molar-refractivity contribution in [2.45, 2.75) is 6.92 Å². The Labute approximate surface area is 166 Å². The van der Waals surface area contributed by atoms with Crippen LogP contribution in [0.5, 0.6) is 0 Å². The van der Waals surface area contributed by atoms with E-state index in [-0.39, 0.29) is 11.1 Å². The third kappa shape index (κ3) is 2.64. The molecule has 0 amide bonds. The number of benzene rings is 3. The van der Waals surface area contributed by atoms with E-state index in [1.165, 1.54) is 0 Å². The van der Waals surface area contributed by atoms with Gasteiger partial charge < -0.3 is 4.42 Å². The fraction of sp³-hybridized carbons (Fsp3) is 0.0800. The first-order chi connectivity index (χ1) is 14.1. The highest BCUT2D eigenvalue weighted by Gasteiger charge is 2.25. The molecule has 0 unspecified atom stereocenters. The molecule has 3 aromatic carbocycles. The Hall–Kier alpha value is -3.53. The van der Waals surface area contributed by atoms with Gasteiger partial charge in [-0.15, -0.1) is 0 Å². The van der Waals surface area contributed by atoms with Crippen molar-refractivity contribution in [1.29, 1.82) is 0 Å². The lowest BCUT2D eigenvalue weighted by Gasteiger charge is -2.05.